The smallest absolute Gasteiger partial charge is 0.241 e. The van der Waals surface area contributed by atoms with Crippen molar-refractivity contribution in [2.45, 2.75) is 19.4 Å². The summed E-state index contributed by atoms with van der Waals surface area (Å²) in [4.78, 5) is 19.2. The second-order valence-corrected chi connectivity index (χ2v) is 8.44. The quantitative estimate of drug-likeness (QED) is 0.535. The monoisotopic (exact) mass is 464 g/mol. The maximum atomic E-state index is 12.6. The maximum Gasteiger partial charge on any atom is 0.241 e. The lowest BCUT2D eigenvalue weighted by Gasteiger charge is -2.30. The van der Waals surface area contributed by atoms with E-state index in [1.54, 1.807) is 30.3 Å². The third kappa shape index (κ3) is 5.13. The largest absolute Gasteiger partial charge is 0.338 e. The number of carbonyl (C=O) groups excluding carboxylic acids is 1. The first-order valence-electron chi connectivity index (χ1n) is 9.55. The summed E-state index contributed by atoms with van der Waals surface area (Å²) in [6, 6.07) is 12.4. The fourth-order valence-electron chi connectivity index (χ4n) is 3.40. The first kappa shape index (κ1) is 21.1. The third-order valence-corrected chi connectivity index (χ3v) is 6.07. The molecule has 6 nitrogen and oxygen atoms in total. The number of nitrogens with zero attached hydrogens (tertiary/aromatic N) is 3. The van der Waals surface area contributed by atoms with Crippen LogP contribution in [0.2, 0.25) is 15.1 Å². The molecule has 0 radical (unpaired) electrons. The van der Waals surface area contributed by atoms with Gasteiger partial charge in [-0.2, -0.15) is 4.98 Å². The highest BCUT2D eigenvalue weighted by Gasteiger charge is 2.26. The van der Waals surface area contributed by atoms with Crippen LogP contribution in [-0.2, 0) is 11.3 Å². The summed E-state index contributed by atoms with van der Waals surface area (Å²) >= 11 is 17.8. The Hall–Kier alpha value is -2.12. The Morgan fingerprint density at radius 1 is 1.07 bits per heavy atom. The van der Waals surface area contributed by atoms with Gasteiger partial charge in [0, 0.05) is 22.2 Å². The molecular formula is C21H19Cl3N4O2. The van der Waals surface area contributed by atoms with Gasteiger partial charge in [0.25, 0.3) is 0 Å². The van der Waals surface area contributed by atoms with Crippen LogP contribution in [0.15, 0.2) is 47.0 Å². The van der Waals surface area contributed by atoms with Crippen molar-refractivity contribution in [1.29, 1.82) is 0 Å². The molecule has 1 aliphatic heterocycles. The van der Waals surface area contributed by atoms with Gasteiger partial charge in [0.05, 0.1) is 16.6 Å². The molecule has 1 fully saturated rings. The normalized spacial score (nSPS) is 15.3. The predicted molar refractivity (Wildman–Crippen MR) is 118 cm³/mol. The summed E-state index contributed by atoms with van der Waals surface area (Å²) in [5.74, 6) is 1.04. The highest BCUT2D eigenvalue weighted by Crippen LogP contribution is 2.27. The fourth-order valence-corrected chi connectivity index (χ4v) is 3.82. The maximum absolute atomic E-state index is 12.6. The second kappa shape index (κ2) is 9.35. The van der Waals surface area contributed by atoms with Gasteiger partial charge in [0.1, 0.15) is 0 Å². The third-order valence-electron chi connectivity index (χ3n) is 5.07. The van der Waals surface area contributed by atoms with Crippen molar-refractivity contribution in [1.82, 2.24) is 15.0 Å². The highest BCUT2D eigenvalue weighted by atomic mass is 35.5. The molecule has 0 saturated carbocycles. The molecule has 0 atom stereocenters. The van der Waals surface area contributed by atoms with E-state index >= 15 is 0 Å². The SMILES string of the molecule is O=C(Nc1ccc(Cl)c(Cl)c1)C1CCN(Cc2nc(-c3ccc(Cl)cc3)no2)CC1. The minimum absolute atomic E-state index is 0.00384. The van der Waals surface area contributed by atoms with Gasteiger partial charge >= 0.3 is 0 Å². The predicted octanol–water partition coefficient (Wildman–Crippen LogP) is 5.55. The average molecular weight is 466 g/mol. The highest BCUT2D eigenvalue weighted by molar-refractivity contribution is 6.42. The zero-order valence-electron chi connectivity index (χ0n) is 15.9. The molecule has 1 amide bonds. The Kier molecular flexibility index (Phi) is 6.58. The van der Waals surface area contributed by atoms with E-state index in [9.17, 15) is 4.79 Å². The number of likely N-dealkylation sites (tertiary alicyclic amines) is 1. The van der Waals surface area contributed by atoms with Gasteiger partial charge in [-0.1, -0.05) is 40.0 Å². The number of aromatic nitrogens is 2. The van der Waals surface area contributed by atoms with Crippen molar-refractivity contribution >= 4 is 46.4 Å². The number of nitrogens with one attached hydrogen (secondary N) is 1. The number of amides is 1. The minimum atomic E-state index is -0.0528. The molecule has 2 aromatic carbocycles. The Bertz CT molecular complexity index is 1030. The van der Waals surface area contributed by atoms with Crippen LogP contribution in [0.25, 0.3) is 11.4 Å². The van der Waals surface area contributed by atoms with Crippen molar-refractivity contribution in [2.24, 2.45) is 5.92 Å². The number of hydrogen-bond acceptors (Lipinski definition) is 5. The molecule has 0 spiro atoms. The molecule has 156 valence electrons. The van der Waals surface area contributed by atoms with E-state index in [1.165, 1.54) is 0 Å². The van der Waals surface area contributed by atoms with Crippen molar-refractivity contribution < 1.29 is 9.32 Å². The first-order valence-corrected chi connectivity index (χ1v) is 10.7. The van der Waals surface area contributed by atoms with Gasteiger partial charge in [-0.15, -0.1) is 0 Å². The van der Waals surface area contributed by atoms with E-state index in [1.807, 2.05) is 12.1 Å². The van der Waals surface area contributed by atoms with Crippen LogP contribution in [-0.4, -0.2) is 34.0 Å². The summed E-state index contributed by atoms with van der Waals surface area (Å²) in [6.07, 6.45) is 1.51. The molecule has 3 aromatic rings. The zero-order chi connectivity index (χ0) is 21.1. The molecule has 9 heteroatoms. The number of piperidine rings is 1. The summed E-state index contributed by atoms with van der Waals surface area (Å²) in [5.41, 5.74) is 1.50. The van der Waals surface area contributed by atoms with Crippen LogP contribution in [0.5, 0.6) is 0 Å². The molecule has 0 aliphatic carbocycles. The van der Waals surface area contributed by atoms with Gasteiger partial charge < -0.3 is 9.84 Å². The molecule has 30 heavy (non-hydrogen) atoms. The van der Waals surface area contributed by atoms with Gasteiger partial charge in [-0.05, 0) is 68.4 Å². The number of halogens is 3. The first-order chi connectivity index (χ1) is 14.5. The molecule has 0 unspecified atom stereocenters. The molecule has 1 aliphatic rings. The molecule has 1 aromatic heterocycles. The molecule has 1 N–H and O–H groups in total. The van der Waals surface area contributed by atoms with E-state index < -0.39 is 0 Å². The Morgan fingerprint density at radius 2 is 1.80 bits per heavy atom. The Labute approximate surface area is 189 Å². The Morgan fingerprint density at radius 3 is 2.50 bits per heavy atom. The van der Waals surface area contributed by atoms with Crippen molar-refractivity contribution in [3.63, 3.8) is 0 Å². The van der Waals surface area contributed by atoms with Crippen molar-refractivity contribution in [2.75, 3.05) is 18.4 Å². The Balaban J connectivity index is 1.29. The summed E-state index contributed by atoms with van der Waals surface area (Å²) in [7, 11) is 0. The number of anilines is 1. The van der Waals surface area contributed by atoms with Crippen molar-refractivity contribution in [3.05, 3.63) is 63.4 Å². The van der Waals surface area contributed by atoms with Crippen LogP contribution < -0.4 is 5.32 Å². The van der Waals surface area contributed by atoms with E-state index in [4.69, 9.17) is 39.3 Å². The van der Waals surface area contributed by atoms with Crippen LogP contribution in [0.3, 0.4) is 0 Å². The fraction of sp³-hybridized carbons (Fsp3) is 0.286. The van der Waals surface area contributed by atoms with E-state index in [-0.39, 0.29) is 11.8 Å². The number of rotatable bonds is 5. The van der Waals surface area contributed by atoms with Crippen LogP contribution in [0.1, 0.15) is 18.7 Å². The molecule has 0 bridgehead atoms. The van der Waals surface area contributed by atoms with Crippen LogP contribution in [0.4, 0.5) is 5.69 Å². The van der Waals surface area contributed by atoms with E-state index in [2.05, 4.69) is 20.4 Å². The second-order valence-electron chi connectivity index (χ2n) is 7.19. The van der Waals surface area contributed by atoms with Gasteiger partial charge in [-0.25, -0.2) is 0 Å². The lowest BCUT2D eigenvalue weighted by Crippen LogP contribution is -2.37. The van der Waals surface area contributed by atoms with Crippen molar-refractivity contribution in [3.8, 4) is 11.4 Å². The number of benzene rings is 2. The number of carbonyl (C=O) groups is 1. The lowest BCUT2D eigenvalue weighted by molar-refractivity contribution is -0.121. The standard InChI is InChI=1S/C21H19Cl3N4O2/c22-15-3-1-13(2-4-15)20-26-19(30-27-20)12-28-9-7-14(8-10-28)21(29)25-16-5-6-17(23)18(24)11-16/h1-6,11,14H,7-10,12H2,(H,25,29). The van der Waals surface area contributed by atoms with Crippen LogP contribution >= 0.6 is 34.8 Å². The summed E-state index contributed by atoms with van der Waals surface area (Å²) in [6.45, 7) is 2.11. The van der Waals surface area contributed by atoms with E-state index in [0.29, 0.717) is 39.0 Å². The summed E-state index contributed by atoms with van der Waals surface area (Å²) < 4.78 is 5.39. The van der Waals surface area contributed by atoms with Gasteiger partial charge in [0.15, 0.2) is 0 Å². The van der Waals surface area contributed by atoms with E-state index in [0.717, 1.165) is 31.5 Å². The molecule has 1 saturated heterocycles. The number of hydrogen-bond donors (Lipinski definition) is 1. The minimum Gasteiger partial charge on any atom is -0.338 e. The molecule has 2 heterocycles. The summed E-state index contributed by atoms with van der Waals surface area (Å²) in [5, 5.41) is 8.50. The van der Waals surface area contributed by atoms with Crippen LogP contribution in [0, 0.1) is 5.92 Å². The van der Waals surface area contributed by atoms with Gasteiger partial charge in [-0.3, -0.25) is 9.69 Å². The topological polar surface area (TPSA) is 71.3 Å². The lowest BCUT2D eigenvalue weighted by atomic mass is 9.96. The average Bonchev–Trinajstić information content (AvgIpc) is 3.20. The molecule has 4 rings (SSSR count). The molecular weight excluding hydrogens is 447 g/mol. The van der Waals surface area contributed by atoms with Gasteiger partial charge in [0.2, 0.25) is 17.6 Å². The zero-order valence-corrected chi connectivity index (χ0v) is 18.2.